The zero-order valence-corrected chi connectivity index (χ0v) is 12.7. The fraction of sp³-hybridized carbons (Fsp3) is 0.278. The minimum atomic E-state index is -0.100. The summed E-state index contributed by atoms with van der Waals surface area (Å²) in [6, 6.07) is 15.9. The molecule has 2 aromatic carbocycles. The van der Waals surface area contributed by atoms with Gasteiger partial charge in [-0.05, 0) is 29.2 Å². The van der Waals surface area contributed by atoms with E-state index in [2.05, 4.69) is 19.2 Å². The maximum absolute atomic E-state index is 11.3. The number of benzene rings is 2. The monoisotopic (exact) mass is 283 g/mol. The Kier molecular flexibility index (Phi) is 4.99. The molecule has 2 rings (SSSR count). The highest BCUT2D eigenvalue weighted by Gasteiger charge is 2.09. The molecule has 1 amide bonds. The van der Waals surface area contributed by atoms with Crippen molar-refractivity contribution in [2.75, 3.05) is 5.32 Å². The van der Waals surface area contributed by atoms with Crippen LogP contribution >= 0.6 is 0 Å². The second-order valence-electron chi connectivity index (χ2n) is 5.37. The molecule has 0 aliphatic rings. The van der Waals surface area contributed by atoms with Gasteiger partial charge in [-0.1, -0.05) is 50.2 Å². The standard InChI is InChI=1S/C18H21NO2/c1-13(2)16-9-10-17(19-14(3)20)18(11-16)21-12-15-7-5-4-6-8-15/h4-11,13H,12H2,1-3H3,(H,19,20). The van der Waals surface area contributed by atoms with Crippen LogP contribution in [0.3, 0.4) is 0 Å². The fourth-order valence-electron chi connectivity index (χ4n) is 2.05. The molecule has 21 heavy (non-hydrogen) atoms. The highest BCUT2D eigenvalue weighted by atomic mass is 16.5. The van der Waals surface area contributed by atoms with Gasteiger partial charge in [0.05, 0.1) is 5.69 Å². The van der Waals surface area contributed by atoms with E-state index in [-0.39, 0.29) is 5.91 Å². The highest BCUT2D eigenvalue weighted by Crippen LogP contribution is 2.29. The quantitative estimate of drug-likeness (QED) is 0.886. The van der Waals surface area contributed by atoms with Gasteiger partial charge >= 0.3 is 0 Å². The average Bonchev–Trinajstić information content (AvgIpc) is 2.46. The second kappa shape index (κ2) is 6.93. The van der Waals surface area contributed by atoms with E-state index in [1.54, 1.807) is 0 Å². The van der Waals surface area contributed by atoms with Crippen LogP contribution < -0.4 is 10.1 Å². The van der Waals surface area contributed by atoms with Gasteiger partial charge in [0.25, 0.3) is 0 Å². The van der Waals surface area contributed by atoms with Crippen LogP contribution in [0.2, 0.25) is 0 Å². The van der Waals surface area contributed by atoms with Gasteiger partial charge in [0.1, 0.15) is 12.4 Å². The number of carbonyl (C=O) groups is 1. The molecule has 0 heterocycles. The van der Waals surface area contributed by atoms with Crippen LogP contribution in [0.25, 0.3) is 0 Å². The van der Waals surface area contributed by atoms with Crippen molar-refractivity contribution in [3.05, 3.63) is 59.7 Å². The molecule has 0 aromatic heterocycles. The number of carbonyl (C=O) groups excluding carboxylic acids is 1. The molecule has 0 fully saturated rings. The van der Waals surface area contributed by atoms with Crippen LogP contribution in [0.4, 0.5) is 5.69 Å². The first-order chi connectivity index (χ1) is 10.1. The first-order valence-corrected chi connectivity index (χ1v) is 7.14. The molecule has 2 aromatic rings. The Morgan fingerprint density at radius 2 is 1.86 bits per heavy atom. The molecule has 3 nitrogen and oxygen atoms in total. The third kappa shape index (κ3) is 4.35. The van der Waals surface area contributed by atoms with Gasteiger partial charge in [-0.3, -0.25) is 4.79 Å². The lowest BCUT2D eigenvalue weighted by Gasteiger charge is -2.15. The van der Waals surface area contributed by atoms with Crippen molar-refractivity contribution < 1.29 is 9.53 Å². The van der Waals surface area contributed by atoms with E-state index in [0.29, 0.717) is 24.0 Å². The summed E-state index contributed by atoms with van der Waals surface area (Å²) < 4.78 is 5.90. The van der Waals surface area contributed by atoms with E-state index in [1.807, 2.05) is 48.5 Å². The topological polar surface area (TPSA) is 38.3 Å². The number of hydrogen-bond donors (Lipinski definition) is 1. The second-order valence-corrected chi connectivity index (χ2v) is 5.37. The molecule has 110 valence electrons. The number of nitrogens with one attached hydrogen (secondary N) is 1. The van der Waals surface area contributed by atoms with Gasteiger partial charge in [0.15, 0.2) is 0 Å². The Morgan fingerprint density at radius 3 is 2.48 bits per heavy atom. The minimum Gasteiger partial charge on any atom is -0.487 e. The van der Waals surface area contributed by atoms with Crippen molar-refractivity contribution in [1.82, 2.24) is 0 Å². The molecular weight excluding hydrogens is 262 g/mol. The molecule has 0 unspecified atom stereocenters. The third-order valence-corrected chi connectivity index (χ3v) is 3.22. The van der Waals surface area contributed by atoms with Crippen molar-refractivity contribution in [3.63, 3.8) is 0 Å². The van der Waals surface area contributed by atoms with E-state index in [9.17, 15) is 4.79 Å². The zero-order valence-electron chi connectivity index (χ0n) is 12.7. The Labute approximate surface area is 126 Å². The van der Waals surface area contributed by atoms with E-state index in [1.165, 1.54) is 12.5 Å². The lowest BCUT2D eigenvalue weighted by atomic mass is 10.0. The Balaban J connectivity index is 2.21. The number of hydrogen-bond acceptors (Lipinski definition) is 2. The number of ether oxygens (including phenoxy) is 1. The maximum atomic E-state index is 11.3. The molecule has 0 saturated carbocycles. The minimum absolute atomic E-state index is 0.100. The van der Waals surface area contributed by atoms with Gasteiger partial charge in [-0.2, -0.15) is 0 Å². The van der Waals surface area contributed by atoms with Crippen LogP contribution in [-0.4, -0.2) is 5.91 Å². The molecule has 0 saturated heterocycles. The average molecular weight is 283 g/mol. The summed E-state index contributed by atoms with van der Waals surface area (Å²) in [7, 11) is 0. The van der Waals surface area contributed by atoms with Crippen molar-refractivity contribution >= 4 is 11.6 Å². The van der Waals surface area contributed by atoms with Gasteiger partial charge < -0.3 is 10.1 Å². The molecular formula is C18H21NO2. The van der Waals surface area contributed by atoms with E-state index < -0.39 is 0 Å². The summed E-state index contributed by atoms with van der Waals surface area (Å²) in [6.07, 6.45) is 0. The van der Waals surface area contributed by atoms with E-state index in [0.717, 1.165) is 5.56 Å². The molecule has 0 bridgehead atoms. The Morgan fingerprint density at radius 1 is 1.14 bits per heavy atom. The zero-order chi connectivity index (χ0) is 15.2. The first kappa shape index (κ1) is 15.1. The van der Waals surface area contributed by atoms with Gasteiger partial charge in [-0.15, -0.1) is 0 Å². The van der Waals surface area contributed by atoms with Crippen LogP contribution in [0.15, 0.2) is 48.5 Å². The van der Waals surface area contributed by atoms with E-state index >= 15 is 0 Å². The van der Waals surface area contributed by atoms with Gasteiger partial charge in [-0.25, -0.2) is 0 Å². The molecule has 0 aliphatic carbocycles. The van der Waals surface area contributed by atoms with E-state index in [4.69, 9.17) is 4.74 Å². The predicted octanol–water partition coefficient (Wildman–Crippen LogP) is 4.35. The molecule has 0 aliphatic heterocycles. The van der Waals surface area contributed by atoms with Crippen molar-refractivity contribution in [3.8, 4) is 5.75 Å². The number of anilines is 1. The molecule has 0 radical (unpaired) electrons. The summed E-state index contributed by atoms with van der Waals surface area (Å²) >= 11 is 0. The molecule has 3 heteroatoms. The Hall–Kier alpha value is -2.29. The largest absolute Gasteiger partial charge is 0.487 e. The Bertz CT molecular complexity index is 606. The summed E-state index contributed by atoms with van der Waals surface area (Å²) in [4.78, 5) is 11.3. The lowest BCUT2D eigenvalue weighted by Crippen LogP contribution is -2.08. The first-order valence-electron chi connectivity index (χ1n) is 7.14. The molecule has 1 N–H and O–H groups in total. The normalized spacial score (nSPS) is 10.5. The van der Waals surface area contributed by atoms with Crippen LogP contribution in [0.5, 0.6) is 5.75 Å². The van der Waals surface area contributed by atoms with Crippen molar-refractivity contribution in [2.45, 2.75) is 33.3 Å². The predicted molar refractivity (Wildman–Crippen MR) is 85.6 cm³/mol. The molecule has 0 spiro atoms. The summed E-state index contributed by atoms with van der Waals surface area (Å²) in [5, 5.41) is 2.81. The van der Waals surface area contributed by atoms with Crippen LogP contribution in [0, 0.1) is 0 Å². The highest BCUT2D eigenvalue weighted by molar-refractivity contribution is 5.90. The molecule has 0 atom stereocenters. The maximum Gasteiger partial charge on any atom is 0.221 e. The number of amides is 1. The summed E-state index contributed by atoms with van der Waals surface area (Å²) in [5.41, 5.74) is 3.00. The van der Waals surface area contributed by atoms with Gasteiger partial charge in [0, 0.05) is 6.92 Å². The van der Waals surface area contributed by atoms with Crippen molar-refractivity contribution in [1.29, 1.82) is 0 Å². The van der Waals surface area contributed by atoms with Crippen molar-refractivity contribution in [2.24, 2.45) is 0 Å². The number of rotatable bonds is 5. The summed E-state index contributed by atoms with van der Waals surface area (Å²) in [6.45, 7) is 6.25. The van der Waals surface area contributed by atoms with Crippen LogP contribution in [0.1, 0.15) is 37.8 Å². The van der Waals surface area contributed by atoms with Crippen LogP contribution in [-0.2, 0) is 11.4 Å². The van der Waals surface area contributed by atoms with Gasteiger partial charge in [0.2, 0.25) is 5.91 Å². The smallest absolute Gasteiger partial charge is 0.221 e. The fourth-order valence-corrected chi connectivity index (χ4v) is 2.05. The lowest BCUT2D eigenvalue weighted by molar-refractivity contribution is -0.114. The SMILES string of the molecule is CC(=O)Nc1ccc(C(C)C)cc1OCc1ccccc1. The third-order valence-electron chi connectivity index (χ3n) is 3.22. The summed E-state index contributed by atoms with van der Waals surface area (Å²) in [5.74, 6) is 1.02.